The van der Waals surface area contributed by atoms with E-state index in [0.717, 1.165) is 22.2 Å². The maximum absolute atomic E-state index is 5.51. The van der Waals surface area contributed by atoms with Crippen molar-refractivity contribution in [3.8, 4) is 0 Å². The number of rotatable bonds is 2. The van der Waals surface area contributed by atoms with E-state index < -0.39 is 0 Å². The molecule has 0 bridgehead atoms. The number of hydrogen-bond donors (Lipinski definition) is 0. The number of halogens is 1. The molecule has 0 fully saturated rings. The Balaban J connectivity index is 1.77. The molecule has 3 rings (SSSR count). The van der Waals surface area contributed by atoms with E-state index in [2.05, 4.69) is 45.4 Å². The summed E-state index contributed by atoms with van der Waals surface area (Å²) in [6, 6.07) is 18.4. The first kappa shape index (κ1) is 11.5. The molecule has 0 saturated heterocycles. The minimum atomic E-state index is 0.0462. The van der Waals surface area contributed by atoms with E-state index in [-0.39, 0.29) is 6.10 Å². The van der Waals surface area contributed by atoms with Gasteiger partial charge in [0.1, 0.15) is 0 Å². The van der Waals surface area contributed by atoms with Crippen molar-refractivity contribution in [3.63, 3.8) is 0 Å². The van der Waals surface area contributed by atoms with Crippen molar-refractivity contribution < 1.29 is 4.84 Å². The van der Waals surface area contributed by atoms with E-state index in [1.807, 2.05) is 30.3 Å². The van der Waals surface area contributed by atoms with Crippen LogP contribution in [0.4, 0.5) is 0 Å². The quantitative estimate of drug-likeness (QED) is 0.810. The zero-order valence-corrected chi connectivity index (χ0v) is 11.3. The fourth-order valence-corrected chi connectivity index (χ4v) is 2.30. The molecule has 1 heterocycles. The molecule has 90 valence electrons. The largest absolute Gasteiger partial charge is 0.387 e. The molecule has 0 amide bonds. The lowest BCUT2D eigenvalue weighted by Crippen LogP contribution is -2.01. The van der Waals surface area contributed by atoms with Gasteiger partial charge in [-0.25, -0.2) is 0 Å². The molecule has 2 aromatic rings. The average molecular weight is 302 g/mol. The summed E-state index contributed by atoms with van der Waals surface area (Å²) in [6.07, 6.45) is 0.871. The van der Waals surface area contributed by atoms with Gasteiger partial charge in [0.25, 0.3) is 0 Å². The van der Waals surface area contributed by atoms with E-state index >= 15 is 0 Å². The number of benzene rings is 2. The predicted octanol–water partition coefficient (Wildman–Crippen LogP) is 4.31. The van der Waals surface area contributed by atoms with Crippen LogP contribution in [0.5, 0.6) is 0 Å². The van der Waals surface area contributed by atoms with Crippen LogP contribution in [0.25, 0.3) is 0 Å². The van der Waals surface area contributed by atoms with E-state index in [0.29, 0.717) is 0 Å². The van der Waals surface area contributed by atoms with E-state index in [1.54, 1.807) is 0 Å². The lowest BCUT2D eigenvalue weighted by Gasteiger charge is -2.07. The molecular formula is C15H12BrNO. The summed E-state index contributed by atoms with van der Waals surface area (Å²) < 4.78 is 1.07. The first-order valence-corrected chi connectivity index (χ1v) is 6.66. The van der Waals surface area contributed by atoms with Gasteiger partial charge in [-0.15, -0.1) is 0 Å². The van der Waals surface area contributed by atoms with Crippen molar-refractivity contribution in [3.05, 3.63) is 70.2 Å². The van der Waals surface area contributed by atoms with Gasteiger partial charge in [0, 0.05) is 10.9 Å². The second-order valence-corrected chi connectivity index (χ2v) is 5.17. The maximum Gasteiger partial charge on any atom is 0.158 e. The van der Waals surface area contributed by atoms with Gasteiger partial charge < -0.3 is 4.84 Å². The molecule has 0 aromatic heterocycles. The lowest BCUT2D eigenvalue weighted by atomic mass is 10.0. The van der Waals surface area contributed by atoms with E-state index in [4.69, 9.17) is 4.84 Å². The smallest absolute Gasteiger partial charge is 0.158 e. The molecule has 2 nitrogen and oxygen atoms in total. The Hall–Kier alpha value is -1.61. The summed E-state index contributed by atoms with van der Waals surface area (Å²) >= 11 is 3.43. The highest BCUT2D eigenvalue weighted by Crippen LogP contribution is 2.29. The number of oxime groups is 1. The molecule has 1 unspecified atom stereocenters. The Morgan fingerprint density at radius 2 is 1.72 bits per heavy atom. The van der Waals surface area contributed by atoms with Gasteiger partial charge >= 0.3 is 0 Å². The molecule has 1 aliphatic heterocycles. The zero-order valence-electron chi connectivity index (χ0n) is 9.71. The van der Waals surface area contributed by atoms with Gasteiger partial charge in [0.15, 0.2) is 6.10 Å². The minimum Gasteiger partial charge on any atom is -0.387 e. The molecule has 1 aliphatic rings. The van der Waals surface area contributed by atoms with Crippen molar-refractivity contribution >= 4 is 21.6 Å². The number of hydrogen-bond acceptors (Lipinski definition) is 2. The van der Waals surface area contributed by atoms with Crippen LogP contribution in [-0.4, -0.2) is 5.71 Å². The third-order valence-corrected chi connectivity index (χ3v) is 3.55. The highest BCUT2D eigenvalue weighted by atomic mass is 79.9. The predicted molar refractivity (Wildman–Crippen MR) is 75.6 cm³/mol. The van der Waals surface area contributed by atoms with Crippen LogP contribution in [0.3, 0.4) is 0 Å². The summed E-state index contributed by atoms with van der Waals surface area (Å²) in [4.78, 5) is 5.51. The summed E-state index contributed by atoms with van der Waals surface area (Å²) in [5.41, 5.74) is 3.31. The fraction of sp³-hybridized carbons (Fsp3) is 0.133. The second kappa shape index (κ2) is 4.94. The zero-order chi connectivity index (χ0) is 12.4. The molecular weight excluding hydrogens is 290 g/mol. The van der Waals surface area contributed by atoms with E-state index in [9.17, 15) is 0 Å². The third-order valence-electron chi connectivity index (χ3n) is 3.02. The molecule has 0 saturated carbocycles. The maximum atomic E-state index is 5.51. The molecule has 2 aromatic carbocycles. The SMILES string of the molecule is Brc1ccc(C2=NOC(c3ccccc3)C2)cc1. The molecule has 1 atom stereocenters. The Labute approximate surface area is 114 Å². The first-order valence-electron chi connectivity index (χ1n) is 5.86. The van der Waals surface area contributed by atoms with Crippen LogP contribution in [-0.2, 0) is 4.84 Å². The molecule has 0 spiro atoms. The molecule has 0 N–H and O–H groups in total. The van der Waals surface area contributed by atoms with Crippen molar-refractivity contribution in [1.29, 1.82) is 0 Å². The summed E-state index contributed by atoms with van der Waals surface area (Å²) in [7, 11) is 0. The van der Waals surface area contributed by atoms with Gasteiger partial charge in [-0.05, 0) is 23.3 Å². The Bertz CT molecular complexity index is 563. The van der Waals surface area contributed by atoms with Crippen LogP contribution in [0.2, 0.25) is 0 Å². The Morgan fingerprint density at radius 3 is 2.44 bits per heavy atom. The Kier molecular flexibility index (Phi) is 3.15. The standard InChI is InChI=1S/C15H12BrNO/c16-13-8-6-11(7-9-13)14-10-15(18-17-14)12-4-2-1-3-5-12/h1-9,15H,10H2. The van der Waals surface area contributed by atoms with Gasteiger partial charge in [-0.1, -0.05) is 63.6 Å². The molecule has 0 radical (unpaired) electrons. The summed E-state index contributed by atoms with van der Waals surface area (Å²) in [5, 5.41) is 4.19. The summed E-state index contributed by atoms with van der Waals surface area (Å²) in [5.74, 6) is 0. The first-order chi connectivity index (χ1) is 8.83. The molecule has 0 aliphatic carbocycles. The number of nitrogens with zero attached hydrogens (tertiary/aromatic N) is 1. The van der Waals surface area contributed by atoms with Gasteiger partial charge in [-0.2, -0.15) is 0 Å². The molecule has 3 heteroatoms. The Morgan fingerprint density at radius 1 is 1.00 bits per heavy atom. The second-order valence-electron chi connectivity index (χ2n) is 4.25. The fourth-order valence-electron chi connectivity index (χ4n) is 2.04. The van der Waals surface area contributed by atoms with Gasteiger partial charge in [-0.3, -0.25) is 0 Å². The monoisotopic (exact) mass is 301 g/mol. The average Bonchev–Trinajstić information content (AvgIpc) is 2.90. The van der Waals surface area contributed by atoms with Gasteiger partial charge in [0.05, 0.1) is 5.71 Å². The summed E-state index contributed by atoms with van der Waals surface area (Å²) in [6.45, 7) is 0. The highest BCUT2D eigenvalue weighted by molar-refractivity contribution is 9.10. The topological polar surface area (TPSA) is 21.6 Å². The van der Waals surface area contributed by atoms with Crippen LogP contribution in [0.15, 0.2) is 64.2 Å². The minimum absolute atomic E-state index is 0.0462. The normalized spacial score (nSPS) is 18.3. The van der Waals surface area contributed by atoms with Crippen LogP contribution in [0, 0.1) is 0 Å². The van der Waals surface area contributed by atoms with Crippen LogP contribution < -0.4 is 0 Å². The van der Waals surface area contributed by atoms with Crippen molar-refractivity contribution in [1.82, 2.24) is 0 Å². The van der Waals surface area contributed by atoms with Crippen molar-refractivity contribution in [2.45, 2.75) is 12.5 Å². The van der Waals surface area contributed by atoms with Crippen LogP contribution >= 0.6 is 15.9 Å². The molecule has 18 heavy (non-hydrogen) atoms. The van der Waals surface area contributed by atoms with Gasteiger partial charge in [0.2, 0.25) is 0 Å². The highest BCUT2D eigenvalue weighted by Gasteiger charge is 2.23. The third kappa shape index (κ3) is 2.31. The van der Waals surface area contributed by atoms with Crippen molar-refractivity contribution in [2.75, 3.05) is 0 Å². The van der Waals surface area contributed by atoms with Crippen LogP contribution in [0.1, 0.15) is 23.7 Å². The van der Waals surface area contributed by atoms with E-state index in [1.165, 1.54) is 5.56 Å². The van der Waals surface area contributed by atoms with Crippen molar-refractivity contribution in [2.24, 2.45) is 5.16 Å². The lowest BCUT2D eigenvalue weighted by molar-refractivity contribution is 0.0857.